The van der Waals surface area contributed by atoms with Crippen LogP contribution in [0.4, 0.5) is 5.82 Å². The molecule has 0 radical (unpaired) electrons. The number of nitrogens with two attached hydrogens (primary N) is 1. The van der Waals surface area contributed by atoms with E-state index in [0.717, 1.165) is 29.0 Å². The fraction of sp³-hybridized carbons (Fsp3) is 0.235. The van der Waals surface area contributed by atoms with Crippen molar-refractivity contribution in [2.45, 2.75) is 6.42 Å². The second-order valence-electron chi connectivity index (χ2n) is 5.73. The number of hydrogen-bond acceptors (Lipinski definition) is 5. The van der Waals surface area contributed by atoms with Crippen molar-refractivity contribution < 1.29 is 4.79 Å². The number of aromatic nitrogens is 2. The third kappa shape index (κ3) is 2.55. The molecule has 6 heteroatoms. The number of primary amides is 1. The van der Waals surface area contributed by atoms with E-state index in [-0.39, 0.29) is 11.8 Å². The molecule has 1 saturated heterocycles. The fourth-order valence-electron chi connectivity index (χ4n) is 3.02. The molecule has 1 unspecified atom stereocenters. The Morgan fingerprint density at radius 2 is 2.09 bits per heavy atom. The Hall–Kier alpha value is -2.47. The molecule has 1 atom stereocenters. The second kappa shape index (κ2) is 5.62. The van der Waals surface area contributed by atoms with E-state index < -0.39 is 0 Å². The maximum absolute atomic E-state index is 11.4. The first-order valence-corrected chi connectivity index (χ1v) is 8.38. The van der Waals surface area contributed by atoms with Gasteiger partial charge in [0.1, 0.15) is 17.0 Å². The topological polar surface area (TPSA) is 72.1 Å². The largest absolute Gasteiger partial charge is 0.369 e. The van der Waals surface area contributed by atoms with E-state index in [4.69, 9.17) is 5.73 Å². The molecule has 0 saturated carbocycles. The summed E-state index contributed by atoms with van der Waals surface area (Å²) in [4.78, 5) is 24.5. The van der Waals surface area contributed by atoms with Crippen LogP contribution in [-0.2, 0) is 4.79 Å². The number of rotatable bonds is 3. The SMILES string of the molecule is NC(=O)C1CCN(c2ncnc3sc(-c4ccccc4)cc23)C1. The van der Waals surface area contributed by atoms with E-state index in [1.807, 2.05) is 18.2 Å². The number of carbonyl (C=O) groups excluding carboxylic acids is 1. The molecule has 1 fully saturated rings. The third-order valence-corrected chi connectivity index (χ3v) is 5.35. The molecule has 1 aromatic carbocycles. The number of thiophene rings is 1. The smallest absolute Gasteiger partial charge is 0.222 e. The minimum absolute atomic E-state index is 0.0905. The molecule has 2 aromatic heterocycles. The van der Waals surface area contributed by atoms with Crippen molar-refractivity contribution in [3.8, 4) is 10.4 Å². The van der Waals surface area contributed by atoms with Crippen LogP contribution in [-0.4, -0.2) is 29.0 Å². The predicted molar refractivity (Wildman–Crippen MR) is 92.4 cm³/mol. The fourth-order valence-corrected chi connectivity index (χ4v) is 4.02. The zero-order chi connectivity index (χ0) is 15.8. The van der Waals surface area contributed by atoms with Gasteiger partial charge in [0.15, 0.2) is 0 Å². The van der Waals surface area contributed by atoms with Crippen LogP contribution in [0.5, 0.6) is 0 Å². The first-order valence-electron chi connectivity index (χ1n) is 7.56. The van der Waals surface area contributed by atoms with Crippen molar-refractivity contribution in [3.63, 3.8) is 0 Å². The number of benzene rings is 1. The summed E-state index contributed by atoms with van der Waals surface area (Å²) in [6, 6.07) is 12.4. The summed E-state index contributed by atoms with van der Waals surface area (Å²) in [6.45, 7) is 1.44. The number of fused-ring (bicyclic) bond motifs is 1. The highest BCUT2D eigenvalue weighted by Crippen LogP contribution is 2.37. The van der Waals surface area contributed by atoms with Gasteiger partial charge in [-0.15, -0.1) is 11.3 Å². The van der Waals surface area contributed by atoms with Crippen molar-refractivity contribution in [3.05, 3.63) is 42.7 Å². The standard InChI is InChI=1S/C17H16N4OS/c18-15(22)12-6-7-21(9-12)16-13-8-14(11-4-2-1-3-5-11)23-17(13)20-10-19-16/h1-5,8,10,12H,6-7,9H2,(H2,18,22). The Bertz CT molecular complexity index is 861. The van der Waals surface area contributed by atoms with Gasteiger partial charge in [-0.05, 0) is 18.1 Å². The van der Waals surface area contributed by atoms with Gasteiger partial charge in [0.25, 0.3) is 0 Å². The van der Waals surface area contributed by atoms with Gasteiger partial charge in [-0.1, -0.05) is 30.3 Å². The summed E-state index contributed by atoms with van der Waals surface area (Å²) in [5.41, 5.74) is 6.61. The highest BCUT2D eigenvalue weighted by atomic mass is 32.1. The Balaban J connectivity index is 1.74. The van der Waals surface area contributed by atoms with Gasteiger partial charge in [0.2, 0.25) is 5.91 Å². The Kier molecular flexibility index (Phi) is 3.46. The summed E-state index contributed by atoms with van der Waals surface area (Å²) in [5, 5.41) is 1.04. The van der Waals surface area contributed by atoms with Crippen LogP contribution < -0.4 is 10.6 Å². The van der Waals surface area contributed by atoms with Crippen molar-refractivity contribution in [1.82, 2.24) is 9.97 Å². The summed E-state index contributed by atoms with van der Waals surface area (Å²) in [6.07, 6.45) is 2.39. The minimum atomic E-state index is -0.229. The lowest BCUT2D eigenvalue weighted by molar-refractivity contribution is -0.121. The number of hydrogen-bond donors (Lipinski definition) is 1. The first kappa shape index (κ1) is 14.1. The molecule has 23 heavy (non-hydrogen) atoms. The van der Waals surface area contributed by atoms with Crippen molar-refractivity contribution in [1.29, 1.82) is 0 Å². The van der Waals surface area contributed by atoms with Crippen molar-refractivity contribution >= 4 is 33.3 Å². The number of anilines is 1. The highest BCUT2D eigenvalue weighted by molar-refractivity contribution is 7.21. The molecule has 2 N–H and O–H groups in total. The maximum atomic E-state index is 11.4. The van der Waals surface area contributed by atoms with E-state index in [1.165, 1.54) is 10.4 Å². The Morgan fingerprint density at radius 1 is 1.26 bits per heavy atom. The lowest BCUT2D eigenvalue weighted by atomic mass is 10.1. The van der Waals surface area contributed by atoms with Crippen LogP contribution in [0, 0.1) is 5.92 Å². The molecule has 3 heterocycles. The molecule has 5 nitrogen and oxygen atoms in total. The molecule has 1 amide bonds. The van der Waals surface area contributed by atoms with Crippen molar-refractivity contribution in [2.75, 3.05) is 18.0 Å². The molecule has 116 valence electrons. The summed E-state index contributed by atoms with van der Waals surface area (Å²) in [5.74, 6) is 0.581. The Morgan fingerprint density at radius 3 is 2.83 bits per heavy atom. The van der Waals surface area contributed by atoms with E-state index in [1.54, 1.807) is 17.7 Å². The average Bonchev–Trinajstić information content (AvgIpc) is 3.22. The molecule has 0 spiro atoms. The second-order valence-corrected chi connectivity index (χ2v) is 6.76. The van der Waals surface area contributed by atoms with Crippen LogP contribution in [0.2, 0.25) is 0 Å². The van der Waals surface area contributed by atoms with Gasteiger partial charge in [0.05, 0.1) is 11.3 Å². The van der Waals surface area contributed by atoms with Gasteiger partial charge in [-0.2, -0.15) is 0 Å². The third-order valence-electron chi connectivity index (χ3n) is 4.26. The van der Waals surface area contributed by atoms with E-state index in [9.17, 15) is 4.79 Å². The molecule has 1 aliphatic rings. The average molecular weight is 324 g/mol. The van der Waals surface area contributed by atoms with Gasteiger partial charge < -0.3 is 10.6 Å². The monoisotopic (exact) mass is 324 g/mol. The zero-order valence-electron chi connectivity index (χ0n) is 12.5. The van der Waals surface area contributed by atoms with E-state index in [0.29, 0.717) is 6.54 Å². The highest BCUT2D eigenvalue weighted by Gasteiger charge is 2.28. The Labute approximate surface area is 137 Å². The number of nitrogens with zero attached hydrogens (tertiary/aromatic N) is 3. The minimum Gasteiger partial charge on any atom is -0.369 e. The summed E-state index contributed by atoms with van der Waals surface area (Å²) in [7, 11) is 0. The number of amides is 1. The molecular formula is C17H16N4OS. The van der Waals surface area contributed by atoms with Crippen LogP contribution in [0.25, 0.3) is 20.7 Å². The van der Waals surface area contributed by atoms with Crippen LogP contribution in [0.15, 0.2) is 42.7 Å². The van der Waals surface area contributed by atoms with Gasteiger partial charge >= 0.3 is 0 Å². The van der Waals surface area contributed by atoms with Crippen molar-refractivity contribution in [2.24, 2.45) is 11.7 Å². The molecule has 3 aromatic rings. The lowest BCUT2D eigenvalue weighted by Crippen LogP contribution is -2.27. The molecular weight excluding hydrogens is 308 g/mol. The number of carbonyl (C=O) groups is 1. The van der Waals surface area contributed by atoms with Crippen LogP contribution in [0.3, 0.4) is 0 Å². The van der Waals surface area contributed by atoms with Gasteiger partial charge in [-0.3, -0.25) is 4.79 Å². The van der Waals surface area contributed by atoms with Gasteiger partial charge in [0, 0.05) is 18.0 Å². The molecule has 0 bridgehead atoms. The first-order chi connectivity index (χ1) is 11.2. The van der Waals surface area contributed by atoms with Gasteiger partial charge in [-0.25, -0.2) is 9.97 Å². The molecule has 0 aliphatic carbocycles. The van der Waals surface area contributed by atoms with Crippen LogP contribution >= 0.6 is 11.3 Å². The predicted octanol–water partition coefficient (Wildman–Crippen LogP) is 2.67. The van der Waals surface area contributed by atoms with E-state index in [2.05, 4.69) is 33.1 Å². The maximum Gasteiger partial charge on any atom is 0.222 e. The quantitative estimate of drug-likeness (QED) is 0.804. The summed E-state index contributed by atoms with van der Waals surface area (Å²) < 4.78 is 0. The lowest BCUT2D eigenvalue weighted by Gasteiger charge is -2.17. The van der Waals surface area contributed by atoms with Crippen LogP contribution in [0.1, 0.15) is 6.42 Å². The molecule has 1 aliphatic heterocycles. The summed E-state index contributed by atoms with van der Waals surface area (Å²) >= 11 is 1.66. The van der Waals surface area contributed by atoms with E-state index >= 15 is 0 Å². The normalized spacial score (nSPS) is 17.7. The molecule has 4 rings (SSSR count). The zero-order valence-corrected chi connectivity index (χ0v) is 13.3.